The number of nitrogens with one attached hydrogen (secondary N) is 1. The highest BCUT2D eigenvalue weighted by Gasteiger charge is 2.42. The van der Waals surface area contributed by atoms with Gasteiger partial charge in [0.05, 0.1) is 12.0 Å². The van der Waals surface area contributed by atoms with Crippen molar-refractivity contribution in [2.75, 3.05) is 66.7 Å². The quantitative estimate of drug-likeness (QED) is 0.740. The van der Waals surface area contributed by atoms with Crippen molar-refractivity contribution in [2.45, 2.75) is 12.8 Å². The average Bonchev–Trinajstić information content (AvgIpc) is 2.56. The number of amides is 2. The van der Waals surface area contributed by atoms with E-state index in [9.17, 15) is 9.59 Å². The highest BCUT2D eigenvalue weighted by Crippen LogP contribution is 2.32. The van der Waals surface area contributed by atoms with Gasteiger partial charge >= 0.3 is 0 Å². The topological polar surface area (TPSA) is 71.1 Å². The van der Waals surface area contributed by atoms with Crippen molar-refractivity contribution >= 4 is 24.2 Å². The molecule has 0 radical (unpaired) electrons. The van der Waals surface area contributed by atoms with Gasteiger partial charge in [-0.05, 0) is 25.9 Å². The standard InChI is InChI=1S/C15H27N3O4.ClH/c1-21-11-13(19)17-7-9-18(10-8-17)14(20)15(12-22-2)3-5-16-6-4-15;/h16H,3-12H2,1-2H3;1H. The molecule has 134 valence electrons. The number of piperidine rings is 1. The Morgan fingerprint density at radius 1 is 1.00 bits per heavy atom. The first-order valence-electron chi connectivity index (χ1n) is 7.89. The molecular formula is C15H28ClN3O4. The van der Waals surface area contributed by atoms with Crippen molar-refractivity contribution in [1.82, 2.24) is 15.1 Å². The molecule has 2 rings (SSSR count). The van der Waals surface area contributed by atoms with Gasteiger partial charge in [0.2, 0.25) is 11.8 Å². The van der Waals surface area contributed by atoms with Gasteiger partial charge in [-0.3, -0.25) is 9.59 Å². The minimum atomic E-state index is -0.404. The Bertz CT molecular complexity index is 389. The summed E-state index contributed by atoms with van der Waals surface area (Å²) in [5.41, 5.74) is -0.404. The number of rotatable bonds is 5. The van der Waals surface area contributed by atoms with Crippen molar-refractivity contribution in [3.05, 3.63) is 0 Å². The predicted molar refractivity (Wildman–Crippen MR) is 88.7 cm³/mol. The fourth-order valence-electron chi connectivity index (χ4n) is 3.31. The van der Waals surface area contributed by atoms with Gasteiger partial charge in [0, 0.05) is 40.4 Å². The maximum atomic E-state index is 13.0. The number of ether oxygens (including phenoxy) is 2. The number of piperazine rings is 1. The lowest BCUT2D eigenvalue weighted by molar-refractivity contribution is -0.152. The monoisotopic (exact) mass is 349 g/mol. The molecule has 0 atom stereocenters. The summed E-state index contributed by atoms with van der Waals surface area (Å²) in [4.78, 5) is 28.4. The lowest BCUT2D eigenvalue weighted by Gasteiger charge is -2.42. The molecule has 2 amide bonds. The first kappa shape index (κ1) is 20.2. The molecule has 0 bridgehead atoms. The summed E-state index contributed by atoms with van der Waals surface area (Å²) < 4.78 is 10.2. The second kappa shape index (κ2) is 9.42. The molecule has 0 unspecified atom stereocenters. The zero-order chi connectivity index (χ0) is 16.0. The molecule has 2 aliphatic rings. The first-order chi connectivity index (χ1) is 10.6. The van der Waals surface area contributed by atoms with Crippen LogP contribution in [0.3, 0.4) is 0 Å². The van der Waals surface area contributed by atoms with E-state index in [1.165, 1.54) is 7.11 Å². The number of carbonyl (C=O) groups is 2. The van der Waals surface area contributed by atoms with Crippen LogP contribution in [0.15, 0.2) is 0 Å². The van der Waals surface area contributed by atoms with E-state index in [1.807, 2.05) is 4.90 Å². The van der Waals surface area contributed by atoms with Crippen molar-refractivity contribution in [3.8, 4) is 0 Å². The number of hydrogen-bond acceptors (Lipinski definition) is 5. The molecule has 0 aliphatic carbocycles. The minimum Gasteiger partial charge on any atom is -0.384 e. The van der Waals surface area contributed by atoms with Crippen LogP contribution in [-0.4, -0.2) is 88.3 Å². The van der Waals surface area contributed by atoms with Crippen LogP contribution in [0.25, 0.3) is 0 Å². The summed E-state index contributed by atoms with van der Waals surface area (Å²) in [5.74, 6) is 0.165. The van der Waals surface area contributed by atoms with E-state index in [1.54, 1.807) is 12.0 Å². The Balaban J connectivity index is 0.00000264. The second-order valence-corrected chi connectivity index (χ2v) is 6.07. The van der Waals surface area contributed by atoms with Gasteiger partial charge in [-0.2, -0.15) is 0 Å². The van der Waals surface area contributed by atoms with Crippen molar-refractivity contribution < 1.29 is 19.1 Å². The third-order valence-corrected chi connectivity index (χ3v) is 4.62. The molecule has 23 heavy (non-hydrogen) atoms. The summed E-state index contributed by atoms with van der Waals surface area (Å²) >= 11 is 0. The van der Waals surface area contributed by atoms with Gasteiger partial charge in [-0.1, -0.05) is 0 Å². The van der Waals surface area contributed by atoms with Crippen LogP contribution >= 0.6 is 12.4 Å². The molecule has 0 aromatic heterocycles. The maximum Gasteiger partial charge on any atom is 0.248 e. The summed E-state index contributed by atoms with van der Waals surface area (Å²) in [5, 5.41) is 3.30. The van der Waals surface area contributed by atoms with E-state index >= 15 is 0 Å². The Morgan fingerprint density at radius 3 is 2.09 bits per heavy atom. The van der Waals surface area contributed by atoms with Gasteiger partial charge in [0.1, 0.15) is 6.61 Å². The molecular weight excluding hydrogens is 322 g/mol. The van der Waals surface area contributed by atoms with Crippen molar-refractivity contribution in [3.63, 3.8) is 0 Å². The van der Waals surface area contributed by atoms with Crippen LogP contribution in [0, 0.1) is 5.41 Å². The van der Waals surface area contributed by atoms with Crippen LogP contribution in [0.4, 0.5) is 0 Å². The summed E-state index contributed by atoms with van der Waals surface area (Å²) in [6, 6.07) is 0. The molecule has 2 heterocycles. The maximum absolute atomic E-state index is 13.0. The van der Waals surface area contributed by atoms with Crippen LogP contribution in [-0.2, 0) is 19.1 Å². The van der Waals surface area contributed by atoms with Crippen LogP contribution < -0.4 is 5.32 Å². The average molecular weight is 350 g/mol. The smallest absolute Gasteiger partial charge is 0.248 e. The summed E-state index contributed by atoms with van der Waals surface area (Å²) in [6.45, 7) is 4.61. The number of carbonyl (C=O) groups excluding carboxylic acids is 2. The SMILES string of the molecule is COCC(=O)N1CCN(C(=O)C2(COC)CCNCC2)CC1.Cl. The molecule has 2 aliphatic heterocycles. The van der Waals surface area contributed by atoms with E-state index < -0.39 is 5.41 Å². The highest BCUT2D eigenvalue weighted by molar-refractivity contribution is 5.85. The van der Waals surface area contributed by atoms with Gasteiger partial charge in [-0.15, -0.1) is 12.4 Å². The molecule has 0 aromatic rings. The number of hydrogen-bond donors (Lipinski definition) is 1. The van der Waals surface area contributed by atoms with Crippen LogP contribution in [0.2, 0.25) is 0 Å². The van der Waals surface area contributed by atoms with Crippen molar-refractivity contribution in [2.24, 2.45) is 5.41 Å². The lowest BCUT2D eigenvalue weighted by atomic mass is 9.78. The van der Waals surface area contributed by atoms with Gasteiger partial charge in [0.15, 0.2) is 0 Å². The Kier molecular flexibility index (Phi) is 8.25. The van der Waals surface area contributed by atoms with E-state index in [2.05, 4.69) is 5.32 Å². The fourth-order valence-corrected chi connectivity index (χ4v) is 3.31. The summed E-state index contributed by atoms with van der Waals surface area (Å²) in [7, 11) is 3.17. The van der Waals surface area contributed by atoms with Crippen LogP contribution in [0.1, 0.15) is 12.8 Å². The Morgan fingerprint density at radius 2 is 1.57 bits per heavy atom. The van der Waals surface area contributed by atoms with E-state index in [0.717, 1.165) is 25.9 Å². The lowest BCUT2D eigenvalue weighted by Crippen LogP contribution is -2.57. The molecule has 2 fully saturated rings. The number of nitrogens with zero attached hydrogens (tertiary/aromatic N) is 2. The van der Waals surface area contributed by atoms with Crippen LogP contribution in [0.5, 0.6) is 0 Å². The van der Waals surface area contributed by atoms with Gasteiger partial charge in [-0.25, -0.2) is 0 Å². The zero-order valence-electron chi connectivity index (χ0n) is 14.0. The van der Waals surface area contributed by atoms with E-state index in [-0.39, 0.29) is 30.8 Å². The van der Waals surface area contributed by atoms with Gasteiger partial charge < -0.3 is 24.6 Å². The van der Waals surface area contributed by atoms with E-state index in [0.29, 0.717) is 32.8 Å². The molecule has 7 nitrogen and oxygen atoms in total. The molecule has 0 spiro atoms. The Hall–Kier alpha value is -0.890. The fraction of sp³-hybridized carbons (Fsp3) is 0.867. The molecule has 1 N–H and O–H groups in total. The minimum absolute atomic E-state index is 0. The zero-order valence-corrected chi connectivity index (χ0v) is 14.8. The molecule has 2 saturated heterocycles. The Labute approximate surface area is 144 Å². The largest absolute Gasteiger partial charge is 0.384 e. The predicted octanol–water partition coefficient (Wildman–Crippen LogP) is -0.258. The third-order valence-electron chi connectivity index (χ3n) is 4.62. The van der Waals surface area contributed by atoms with Gasteiger partial charge in [0.25, 0.3) is 0 Å². The molecule has 0 saturated carbocycles. The molecule has 8 heteroatoms. The first-order valence-corrected chi connectivity index (χ1v) is 7.89. The highest BCUT2D eigenvalue weighted by atomic mass is 35.5. The number of methoxy groups -OCH3 is 2. The summed E-state index contributed by atoms with van der Waals surface area (Å²) in [6.07, 6.45) is 1.62. The third kappa shape index (κ3) is 4.79. The van der Waals surface area contributed by atoms with E-state index in [4.69, 9.17) is 9.47 Å². The number of halogens is 1. The molecule has 0 aromatic carbocycles. The second-order valence-electron chi connectivity index (χ2n) is 6.07. The normalized spacial score (nSPS) is 20.8. The van der Waals surface area contributed by atoms with Crippen molar-refractivity contribution in [1.29, 1.82) is 0 Å².